The first-order chi connectivity index (χ1) is 31.0. The second kappa shape index (κ2) is 14.6. The molecule has 1 heterocycles. The molecule has 1 aliphatic carbocycles. The van der Waals surface area contributed by atoms with Gasteiger partial charge in [0.05, 0.1) is 11.0 Å². The van der Waals surface area contributed by atoms with Gasteiger partial charge in [-0.05, 0) is 127 Å². The summed E-state index contributed by atoms with van der Waals surface area (Å²) in [6.45, 7) is 4.73. The molecule has 0 amide bonds. The summed E-state index contributed by atoms with van der Waals surface area (Å²) >= 11 is 0. The van der Waals surface area contributed by atoms with Crippen LogP contribution in [-0.4, -0.2) is 4.57 Å². The first-order valence-electron chi connectivity index (χ1n) is 21.9. The third-order valence-electron chi connectivity index (χ3n) is 13.3. The largest absolute Gasteiger partial charge is 0.310 e. The molecule has 12 rings (SSSR count). The Morgan fingerprint density at radius 3 is 1.59 bits per heavy atom. The van der Waals surface area contributed by atoms with Crippen LogP contribution in [0.3, 0.4) is 0 Å². The number of anilines is 3. The lowest BCUT2D eigenvalue weighted by Gasteiger charge is -2.28. The first-order valence-corrected chi connectivity index (χ1v) is 21.9. The molecule has 11 aromatic rings. The van der Waals surface area contributed by atoms with E-state index in [9.17, 15) is 0 Å². The predicted octanol–water partition coefficient (Wildman–Crippen LogP) is 16.7. The maximum Gasteiger partial charge on any atom is 0.0562 e. The molecule has 0 atom stereocenters. The van der Waals surface area contributed by atoms with Gasteiger partial charge in [-0.3, -0.25) is 0 Å². The third-order valence-corrected chi connectivity index (χ3v) is 13.3. The van der Waals surface area contributed by atoms with E-state index in [2.05, 4.69) is 254 Å². The highest BCUT2D eigenvalue weighted by Gasteiger charge is 2.36. The van der Waals surface area contributed by atoms with Gasteiger partial charge < -0.3 is 9.47 Å². The summed E-state index contributed by atoms with van der Waals surface area (Å²) in [7, 11) is 0. The standard InChI is InChI=1S/C61H44N2/c1-61(2)56-25-15-14-24-53(56)54-33-31-49(39-57(54)61)62(48-29-26-44(27-30-48)41-16-6-3-7-17-41)50-32-34-55-59(40-50)63(58-35-28-45-22-12-13-23-52(45)60(55)58)51-37-46(42-18-8-4-9-19-42)36-47(38-51)43-20-10-5-11-21-43/h3-40H,1-2H3. The predicted molar refractivity (Wildman–Crippen MR) is 267 cm³/mol. The minimum atomic E-state index is -0.136. The summed E-state index contributed by atoms with van der Waals surface area (Å²) in [5, 5.41) is 4.97. The molecule has 0 N–H and O–H groups in total. The normalized spacial score (nSPS) is 12.7. The highest BCUT2D eigenvalue weighted by molar-refractivity contribution is 6.22. The molecule has 2 nitrogen and oxygen atoms in total. The molecule has 0 aliphatic heterocycles. The third kappa shape index (κ3) is 6.09. The van der Waals surface area contributed by atoms with Gasteiger partial charge in [0, 0.05) is 38.9 Å². The minimum absolute atomic E-state index is 0.136. The summed E-state index contributed by atoms with van der Waals surface area (Å²) in [6.07, 6.45) is 0. The summed E-state index contributed by atoms with van der Waals surface area (Å²) < 4.78 is 2.50. The van der Waals surface area contributed by atoms with Crippen LogP contribution >= 0.6 is 0 Å². The van der Waals surface area contributed by atoms with Crippen molar-refractivity contribution in [3.8, 4) is 50.2 Å². The summed E-state index contributed by atoms with van der Waals surface area (Å²) in [5.74, 6) is 0. The van der Waals surface area contributed by atoms with Crippen molar-refractivity contribution in [2.45, 2.75) is 19.3 Å². The Labute approximate surface area is 368 Å². The fourth-order valence-corrected chi connectivity index (χ4v) is 10.2. The van der Waals surface area contributed by atoms with Gasteiger partial charge in [-0.2, -0.15) is 0 Å². The second-order valence-electron chi connectivity index (χ2n) is 17.4. The van der Waals surface area contributed by atoms with Gasteiger partial charge in [-0.1, -0.05) is 184 Å². The van der Waals surface area contributed by atoms with E-state index in [1.54, 1.807) is 0 Å². The van der Waals surface area contributed by atoms with E-state index in [0.717, 1.165) is 28.3 Å². The summed E-state index contributed by atoms with van der Waals surface area (Å²) in [4.78, 5) is 2.45. The molecule has 10 aromatic carbocycles. The summed E-state index contributed by atoms with van der Waals surface area (Å²) in [5.41, 5.74) is 19.2. The summed E-state index contributed by atoms with van der Waals surface area (Å²) in [6, 6.07) is 84.8. The van der Waals surface area contributed by atoms with Crippen LogP contribution in [0.2, 0.25) is 0 Å². The molecule has 0 spiro atoms. The maximum atomic E-state index is 2.50. The van der Waals surface area contributed by atoms with Crippen molar-refractivity contribution in [3.63, 3.8) is 0 Å². The van der Waals surface area contributed by atoms with Crippen LogP contribution in [-0.2, 0) is 5.41 Å². The lowest BCUT2D eigenvalue weighted by Crippen LogP contribution is -2.16. The molecule has 63 heavy (non-hydrogen) atoms. The van der Waals surface area contributed by atoms with Gasteiger partial charge in [0.15, 0.2) is 0 Å². The molecule has 1 aliphatic rings. The molecular formula is C61H44N2. The van der Waals surface area contributed by atoms with E-state index in [1.165, 1.54) is 82.7 Å². The molecule has 2 heteroatoms. The number of rotatable bonds is 7. The van der Waals surface area contributed by atoms with E-state index >= 15 is 0 Å². The maximum absolute atomic E-state index is 2.50. The van der Waals surface area contributed by atoms with E-state index in [-0.39, 0.29) is 5.41 Å². The van der Waals surface area contributed by atoms with Crippen molar-refractivity contribution in [2.75, 3.05) is 4.90 Å². The number of hydrogen-bond acceptors (Lipinski definition) is 1. The smallest absolute Gasteiger partial charge is 0.0562 e. The van der Waals surface area contributed by atoms with Gasteiger partial charge in [-0.15, -0.1) is 0 Å². The average Bonchev–Trinajstić information content (AvgIpc) is 3.80. The Hall–Kier alpha value is -7.94. The zero-order valence-electron chi connectivity index (χ0n) is 35.3. The molecule has 1 aromatic heterocycles. The monoisotopic (exact) mass is 804 g/mol. The molecule has 0 bridgehead atoms. The van der Waals surface area contributed by atoms with Crippen LogP contribution in [0.25, 0.3) is 82.8 Å². The Kier molecular flexibility index (Phi) is 8.55. The number of fused-ring (bicyclic) bond motifs is 8. The number of nitrogens with zero attached hydrogens (tertiary/aromatic N) is 2. The van der Waals surface area contributed by atoms with Gasteiger partial charge in [0.2, 0.25) is 0 Å². The van der Waals surface area contributed by atoms with Gasteiger partial charge in [0.1, 0.15) is 0 Å². The molecular weight excluding hydrogens is 761 g/mol. The Morgan fingerprint density at radius 1 is 0.349 bits per heavy atom. The van der Waals surface area contributed by atoms with E-state index < -0.39 is 0 Å². The Balaban J connectivity index is 1.12. The lowest BCUT2D eigenvalue weighted by molar-refractivity contribution is 0.660. The molecule has 0 saturated heterocycles. The van der Waals surface area contributed by atoms with Crippen LogP contribution in [0.1, 0.15) is 25.0 Å². The average molecular weight is 805 g/mol. The van der Waals surface area contributed by atoms with Crippen molar-refractivity contribution in [2.24, 2.45) is 0 Å². The zero-order chi connectivity index (χ0) is 42.1. The van der Waals surface area contributed by atoms with E-state index in [4.69, 9.17) is 0 Å². The molecule has 0 radical (unpaired) electrons. The molecule has 0 saturated carbocycles. The highest BCUT2D eigenvalue weighted by atomic mass is 15.1. The van der Waals surface area contributed by atoms with Gasteiger partial charge in [-0.25, -0.2) is 0 Å². The quantitative estimate of drug-likeness (QED) is 0.156. The van der Waals surface area contributed by atoms with Crippen LogP contribution in [0, 0.1) is 0 Å². The topological polar surface area (TPSA) is 8.17 Å². The molecule has 0 unspecified atom stereocenters. The molecule has 298 valence electrons. The fourth-order valence-electron chi connectivity index (χ4n) is 10.2. The highest BCUT2D eigenvalue weighted by Crippen LogP contribution is 2.51. The van der Waals surface area contributed by atoms with Crippen LogP contribution in [0.5, 0.6) is 0 Å². The van der Waals surface area contributed by atoms with Crippen molar-refractivity contribution in [3.05, 3.63) is 242 Å². The Bertz CT molecular complexity index is 3450. The first kappa shape index (κ1) is 36.9. The zero-order valence-corrected chi connectivity index (χ0v) is 35.3. The molecule has 0 fully saturated rings. The van der Waals surface area contributed by atoms with Crippen molar-refractivity contribution >= 4 is 49.6 Å². The van der Waals surface area contributed by atoms with Gasteiger partial charge in [0.25, 0.3) is 0 Å². The van der Waals surface area contributed by atoms with Crippen molar-refractivity contribution < 1.29 is 0 Å². The minimum Gasteiger partial charge on any atom is -0.310 e. The van der Waals surface area contributed by atoms with Crippen LogP contribution < -0.4 is 4.90 Å². The number of benzene rings is 10. The van der Waals surface area contributed by atoms with Crippen molar-refractivity contribution in [1.29, 1.82) is 0 Å². The van der Waals surface area contributed by atoms with Crippen LogP contribution in [0.15, 0.2) is 231 Å². The fraction of sp³-hybridized carbons (Fsp3) is 0.0492. The second-order valence-corrected chi connectivity index (χ2v) is 17.4. The van der Waals surface area contributed by atoms with Gasteiger partial charge >= 0.3 is 0 Å². The van der Waals surface area contributed by atoms with Crippen molar-refractivity contribution in [1.82, 2.24) is 4.57 Å². The lowest BCUT2D eigenvalue weighted by atomic mass is 9.82. The van der Waals surface area contributed by atoms with E-state index in [0.29, 0.717) is 0 Å². The number of aromatic nitrogens is 1. The SMILES string of the molecule is CC1(C)c2ccccc2-c2ccc(N(c3ccc(-c4ccccc4)cc3)c3ccc4c5c6ccccc6ccc5n(-c5cc(-c6ccccc6)cc(-c6ccccc6)c5)c4c3)cc21. The Morgan fingerprint density at radius 2 is 0.889 bits per heavy atom. The number of hydrogen-bond donors (Lipinski definition) is 0. The van der Waals surface area contributed by atoms with E-state index in [1.807, 2.05) is 0 Å². The van der Waals surface area contributed by atoms with Crippen LogP contribution in [0.4, 0.5) is 17.1 Å².